The van der Waals surface area contributed by atoms with Gasteiger partial charge in [-0.15, -0.1) is 0 Å². The van der Waals surface area contributed by atoms with Gasteiger partial charge in [-0.3, -0.25) is 4.79 Å². The number of hydrogen-bond donors (Lipinski definition) is 3. The van der Waals surface area contributed by atoms with Gasteiger partial charge in [-0.1, -0.05) is 13.8 Å². The Balaban J connectivity index is 3.69. The normalized spacial score (nSPS) is 15.5. The van der Waals surface area contributed by atoms with Gasteiger partial charge < -0.3 is 16.2 Å². The van der Waals surface area contributed by atoms with Gasteiger partial charge >= 0.3 is 0 Å². The molecule has 2 atom stereocenters. The van der Waals surface area contributed by atoms with Crippen molar-refractivity contribution >= 4 is 5.91 Å². The number of aliphatic hydroxyl groups excluding tert-OH is 1. The van der Waals surface area contributed by atoms with E-state index in [-0.39, 0.29) is 12.5 Å². The molecule has 0 aliphatic rings. The molecule has 1 unspecified atom stereocenters. The van der Waals surface area contributed by atoms with Crippen LogP contribution in [0.1, 0.15) is 27.2 Å². The summed E-state index contributed by atoms with van der Waals surface area (Å²) in [6.45, 7) is 5.92. The topological polar surface area (TPSA) is 75.4 Å². The minimum atomic E-state index is -0.518. The first-order chi connectivity index (χ1) is 5.93. The molecule has 4 heteroatoms. The van der Waals surface area contributed by atoms with Crippen LogP contribution in [0, 0.1) is 5.92 Å². The number of carbonyl (C=O) groups excluding carboxylic acids is 1. The smallest absolute Gasteiger partial charge is 0.237 e. The van der Waals surface area contributed by atoms with Crippen LogP contribution in [0.25, 0.3) is 0 Å². The lowest BCUT2D eigenvalue weighted by atomic mass is 10.0. The molecule has 13 heavy (non-hydrogen) atoms. The van der Waals surface area contributed by atoms with Gasteiger partial charge in [-0.2, -0.15) is 0 Å². The number of aliphatic hydroxyl groups is 1. The molecule has 0 radical (unpaired) electrons. The molecule has 0 aromatic rings. The Kier molecular flexibility index (Phi) is 5.66. The van der Waals surface area contributed by atoms with Gasteiger partial charge in [0.05, 0.1) is 12.1 Å². The third-order valence-corrected chi connectivity index (χ3v) is 1.63. The van der Waals surface area contributed by atoms with Crippen molar-refractivity contribution in [3.63, 3.8) is 0 Å². The van der Waals surface area contributed by atoms with Gasteiger partial charge in [0.2, 0.25) is 5.91 Å². The first-order valence-corrected chi connectivity index (χ1v) is 4.64. The summed E-state index contributed by atoms with van der Waals surface area (Å²) >= 11 is 0. The van der Waals surface area contributed by atoms with E-state index in [9.17, 15) is 4.79 Å². The second-order valence-corrected chi connectivity index (χ2v) is 3.83. The zero-order chi connectivity index (χ0) is 10.4. The summed E-state index contributed by atoms with van der Waals surface area (Å²) in [7, 11) is 0. The molecule has 1 amide bonds. The molecule has 0 rings (SSSR count). The molecule has 78 valence electrons. The molecule has 0 aromatic heterocycles. The Bertz CT molecular complexity index is 158. The maximum Gasteiger partial charge on any atom is 0.237 e. The maximum absolute atomic E-state index is 11.2. The number of carbonyl (C=O) groups is 1. The molecule has 0 aliphatic heterocycles. The molecule has 0 saturated heterocycles. The van der Waals surface area contributed by atoms with E-state index in [2.05, 4.69) is 5.32 Å². The van der Waals surface area contributed by atoms with Crippen LogP contribution in [-0.2, 0) is 4.79 Å². The van der Waals surface area contributed by atoms with Gasteiger partial charge in [-0.05, 0) is 19.3 Å². The molecule has 0 spiro atoms. The standard InChI is InChI=1S/C9H20N2O2/c1-6(2)4-8(10)9(13)11-5-7(3)12/h6-8,12H,4-5,10H2,1-3H3,(H,11,13)/t7-,8?/m1/s1. The SMILES string of the molecule is CC(C)CC(N)C(=O)NC[C@@H](C)O. The van der Waals surface area contributed by atoms with Crippen LogP contribution in [0.4, 0.5) is 0 Å². The second kappa shape index (κ2) is 5.94. The number of hydrogen-bond acceptors (Lipinski definition) is 3. The molecular formula is C9H20N2O2. The fourth-order valence-electron chi connectivity index (χ4n) is 0.994. The van der Waals surface area contributed by atoms with Crippen molar-refractivity contribution in [3.8, 4) is 0 Å². The summed E-state index contributed by atoms with van der Waals surface area (Å²) in [4.78, 5) is 11.2. The Hall–Kier alpha value is -0.610. The summed E-state index contributed by atoms with van der Waals surface area (Å²) < 4.78 is 0. The fraction of sp³-hybridized carbons (Fsp3) is 0.889. The molecule has 0 aromatic carbocycles. The predicted molar refractivity (Wildman–Crippen MR) is 52.1 cm³/mol. The van der Waals surface area contributed by atoms with E-state index in [0.717, 1.165) is 0 Å². The average Bonchev–Trinajstić information content (AvgIpc) is 1.98. The fourth-order valence-corrected chi connectivity index (χ4v) is 0.994. The van der Waals surface area contributed by atoms with E-state index < -0.39 is 12.1 Å². The number of nitrogens with two attached hydrogens (primary N) is 1. The van der Waals surface area contributed by atoms with Crippen LogP contribution in [-0.4, -0.2) is 29.7 Å². The average molecular weight is 188 g/mol. The van der Waals surface area contributed by atoms with Gasteiger partial charge in [0.15, 0.2) is 0 Å². The monoisotopic (exact) mass is 188 g/mol. The van der Waals surface area contributed by atoms with Crippen molar-refractivity contribution in [2.45, 2.75) is 39.3 Å². The Morgan fingerprint density at radius 2 is 2.00 bits per heavy atom. The molecule has 0 aliphatic carbocycles. The van der Waals surface area contributed by atoms with Gasteiger partial charge in [-0.25, -0.2) is 0 Å². The zero-order valence-corrected chi connectivity index (χ0v) is 8.58. The van der Waals surface area contributed by atoms with Crippen LogP contribution >= 0.6 is 0 Å². The van der Waals surface area contributed by atoms with Crippen molar-refractivity contribution in [2.24, 2.45) is 11.7 Å². The third-order valence-electron chi connectivity index (χ3n) is 1.63. The van der Waals surface area contributed by atoms with Crippen molar-refractivity contribution in [1.29, 1.82) is 0 Å². The van der Waals surface area contributed by atoms with Crippen molar-refractivity contribution in [3.05, 3.63) is 0 Å². The highest BCUT2D eigenvalue weighted by molar-refractivity contribution is 5.81. The number of rotatable bonds is 5. The quantitative estimate of drug-likeness (QED) is 0.562. The van der Waals surface area contributed by atoms with Crippen LogP contribution in [0.5, 0.6) is 0 Å². The van der Waals surface area contributed by atoms with E-state index in [1.54, 1.807) is 6.92 Å². The minimum absolute atomic E-state index is 0.186. The highest BCUT2D eigenvalue weighted by atomic mass is 16.3. The summed E-state index contributed by atoms with van der Waals surface area (Å²) in [6.07, 6.45) is 0.154. The molecule has 4 nitrogen and oxygen atoms in total. The minimum Gasteiger partial charge on any atom is -0.392 e. The van der Waals surface area contributed by atoms with E-state index in [1.807, 2.05) is 13.8 Å². The summed E-state index contributed by atoms with van der Waals surface area (Å²) in [5.41, 5.74) is 5.61. The molecule has 0 heterocycles. The lowest BCUT2D eigenvalue weighted by Gasteiger charge is -2.14. The highest BCUT2D eigenvalue weighted by Crippen LogP contribution is 2.02. The largest absolute Gasteiger partial charge is 0.392 e. The summed E-state index contributed by atoms with van der Waals surface area (Å²) in [5.74, 6) is 0.224. The first kappa shape index (κ1) is 12.4. The molecule has 4 N–H and O–H groups in total. The van der Waals surface area contributed by atoms with Crippen molar-refractivity contribution in [2.75, 3.05) is 6.54 Å². The lowest BCUT2D eigenvalue weighted by Crippen LogP contribution is -2.43. The Morgan fingerprint density at radius 1 is 1.46 bits per heavy atom. The maximum atomic E-state index is 11.2. The molecule has 0 saturated carbocycles. The van der Waals surface area contributed by atoms with Gasteiger partial charge in [0.25, 0.3) is 0 Å². The first-order valence-electron chi connectivity index (χ1n) is 4.64. The predicted octanol–water partition coefficient (Wildman–Crippen LogP) is -0.143. The summed E-state index contributed by atoms with van der Waals surface area (Å²) in [5, 5.41) is 11.5. The van der Waals surface area contributed by atoms with Crippen LogP contribution < -0.4 is 11.1 Å². The van der Waals surface area contributed by atoms with Crippen LogP contribution in [0.2, 0.25) is 0 Å². The third kappa shape index (κ3) is 6.54. The van der Waals surface area contributed by atoms with Gasteiger partial charge in [0.1, 0.15) is 0 Å². The van der Waals surface area contributed by atoms with Crippen molar-refractivity contribution in [1.82, 2.24) is 5.32 Å². The number of amides is 1. The van der Waals surface area contributed by atoms with Crippen molar-refractivity contribution < 1.29 is 9.90 Å². The molecular weight excluding hydrogens is 168 g/mol. The molecule has 0 bridgehead atoms. The summed E-state index contributed by atoms with van der Waals surface area (Å²) in [6, 6.07) is -0.459. The van der Waals surface area contributed by atoms with Crippen LogP contribution in [0.15, 0.2) is 0 Å². The Morgan fingerprint density at radius 3 is 2.38 bits per heavy atom. The Labute approximate surface area is 79.5 Å². The highest BCUT2D eigenvalue weighted by Gasteiger charge is 2.14. The lowest BCUT2D eigenvalue weighted by molar-refractivity contribution is -0.123. The molecule has 0 fully saturated rings. The van der Waals surface area contributed by atoms with Crippen LogP contribution in [0.3, 0.4) is 0 Å². The second-order valence-electron chi connectivity index (χ2n) is 3.83. The van der Waals surface area contributed by atoms with E-state index in [0.29, 0.717) is 12.3 Å². The van der Waals surface area contributed by atoms with E-state index in [1.165, 1.54) is 0 Å². The number of nitrogens with one attached hydrogen (secondary N) is 1. The van der Waals surface area contributed by atoms with Gasteiger partial charge in [0, 0.05) is 6.54 Å². The van der Waals surface area contributed by atoms with E-state index >= 15 is 0 Å². The van der Waals surface area contributed by atoms with E-state index in [4.69, 9.17) is 10.8 Å². The zero-order valence-electron chi connectivity index (χ0n) is 8.58.